The molecule has 0 fully saturated rings. The first kappa shape index (κ1) is 20.2. The highest BCUT2D eigenvalue weighted by atomic mass is 16.7. The third kappa shape index (κ3) is 3.17. The maximum absolute atomic E-state index is 12.1. The van der Waals surface area contributed by atoms with E-state index in [-0.39, 0.29) is 24.1 Å². The third-order valence-electron chi connectivity index (χ3n) is 5.81. The Morgan fingerprint density at radius 3 is 2.60 bits per heavy atom. The summed E-state index contributed by atoms with van der Waals surface area (Å²) >= 11 is 0. The van der Waals surface area contributed by atoms with Crippen LogP contribution in [0, 0.1) is 0 Å². The van der Waals surface area contributed by atoms with E-state index in [1.54, 1.807) is 19.2 Å². The summed E-state index contributed by atoms with van der Waals surface area (Å²) in [5.41, 5.74) is 2.89. The Hall–Kier alpha value is -3.13. The van der Waals surface area contributed by atoms with Crippen molar-refractivity contribution in [2.24, 2.45) is 0 Å². The van der Waals surface area contributed by atoms with Gasteiger partial charge >= 0.3 is 5.97 Å². The zero-order valence-corrected chi connectivity index (χ0v) is 17.5. The SMILES string of the molecule is COc1ccc(C[C@H]2c3c(cc4c(c3OC)OCO4)CCN2C)c(C(=O)O)c1OC. The Morgan fingerprint density at radius 2 is 1.93 bits per heavy atom. The van der Waals surface area contributed by atoms with Crippen molar-refractivity contribution in [2.45, 2.75) is 18.9 Å². The van der Waals surface area contributed by atoms with E-state index in [1.165, 1.54) is 14.2 Å². The van der Waals surface area contributed by atoms with Crippen LogP contribution in [0.5, 0.6) is 28.7 Å². The minimum Gasteiger partial charge on any atom is -0.493 e. The lowest BCUT2D eigenvalue weighted by atomic mass is 9.86. The molecular formula is C22H25NO7. The Labute approximate surface area is 174 Å². The van der Waals surface area contributed by atoms with Gasteiger partial charge < -0.3 is 28.8 Å². The van der Waals surface area contributed by atoms with E-state index in [1.807, 2.05) is 13.1 Å². The van der Waals surface area contributed by atoms with E-state index in [0.717, 1.165) is 24.1 Å². The van der Waals surface area contributed by atoms with E-state index in [2.05, 4.69) is 4.90 Å². The number of hydrogen-bond acceptors (Lipinski definition) is 7. The second-order valence-corrected chi connectivity index (χ2v) is 7.31. The molecule has 1 atom stereocenters. The molecule has 0 radical (unpaired) electrons. The lowest BCUT2D eigenvalue weighted by Gasteiger charge is -2.36. The first-order valence-electron chi connectivity index (χ1n) is 9.66. The van der Waals surface area contributed by atoms with Gasteiger partial charge in [0.05, 0.1) is 21.3 Å². The van der Waals surface area contributed by atoms with Gasteiger partial charge in [-0.2, -0.15) is 0 Å². The van der Waals surface area contributed by atoms with Gasteiger partial charge in [-0.3, -0.25) is 4.90 Å². The smallest absolute Gasteiger partial charge is 0.339 e. The molecule has 2 aliphatic heterocycles. The van der Waals surface area contributed by atoms with Gasteiger partial charge in [0.1, 0.15) is 5.56 Å². The zero-order chi connectivity index (χ0) is 21.4. The molecule has 2 heterocycles. The van der Waals surface area contributed by atoms with Crippen molar-refractivity contribution in [3.05, 3.63) is 40.5 Å². The monoisotopic (exact) mass is 415 g/mol. The van der Waals surface area contributed by atoms with Crippen molar-refractivity contribution in [3.63, 3.8) is 0 Å². The molecule has 0 bridgehead atoms. The molecule has 0 aliphatic carbocycles. The van der Waals surface area contributed by atoms with Crippen LogP contribution in [0.25, 0.3) is 0 Å². The third-order valence-corrected chi connectivity index (χ3v) is 5.81. The van der Waals surface area contributed by atoms with Crippen molar-refractivity contribution >= 4 is 5.97 Å². The van der Waals surface area contributed by atoms with E-state index in [0.29, 0.717) is 35.0 Å². The fourth-order valence-corrected chi connectivity index (χ4v) is 4.36. The maximum Gasteiger partial charge on any atom is 0.339 e. The van der Waals surface area contributed by atoms with Gasteiger partial charge in [-0.25, -0.2) is 4.79 Å². The number of hydrogen-bond donors (Lipinski definition) is 1. The van der Waals surface area contributed by atoms with Crippen molar-refractivity contribution in [2.75, 3.05) is 41.7 Å². The molecule has 8 heteroatoms. The molecule has 30 heavy (non-hydrogen) atoms. The highest BCUT2D eigenvalue weighted by Crippen LogP contribution is 2.50. The fraction of sp³-hybridized carbons (Fsp3) is 0.409. The lowest BCUT2D eigenvalue weighted by Crippen LogP contribution is -2.34. The largest absolute Gasteiger partial charge is 0.493 e. The van der Waals surface area contributed by atoms with Crippen LogP contribution >= 0.6 is 0 Å². The highest BCUT2D eigenvalue weighted by Gasteiger charge is 2.35. The number of methoxy groups -OCH3 is 3. The van der Waals surface area contributed by atoms with Gasteiger partial charge in [0.25, 0.3) is 0 Å². The van der Waals surface area contributed by atoms with Gasteiger partial charge in [-0.1, -0.05) is 6.07 Å². The number of aromatic carboxylic acids is 1. The van der Waals surface area contributed by atoms with Crippen molar-refractivity contribution < 1.29 is 33.6 Å². The van der Waals surface area contributed by atoms with Crippen LogP contribution in [0.1, 0.15) is 33.1 Å². The van der Waals surface area contributed by atoms with Crippen LogP contribution in [0.2, 0.25) is 0 Å². The zero-order valence-electron chi connectivity index (χ0n) is 17.5. The predicted molar refractivity (Wildman–Crippen MR) is 108 cm³/mol. The number of fused-ring (bicyclic) bond motifs is 2. The summed E-state index contributed by atoms with van der Waals surface area (Å²) in [5, 5.41) is 9.91. The first-order chi connectivity index (χ1) is 14.5. The molecule has 2 aromatic rings. The van der Waals surface area contributed by atoms with Gasteiger partial charge in [0, 0.05) is 18.2 Å². The van der Waals surface area contributed by atoms with Crippen LogP contribution in [-0.2, 0) is 12.8 Å². The highest BCUT2D eigenvalue weighted by molar-refractivity contribution is 5.94. The molecule has 160 valence electrons. The van der Waals surface area contributed by atoms with E-state index in [4.69, 9.17) is 23.7 Å². The van der Waals surface area contributed by atoms with Gasteiger partial charge in [0.15, 0.2) is 23.0 Å². The van der Waals surface area contributed by atoms with Gasteiger partial charge in [-0.05, 0) is 43.1 Å². The molecule has 0 unspecified atom stereocenters. The topological polar surface area (TPSA) is 86.7 Å². The second kappa shape index (κ2) is 7.95. The second-order valence-electron chi connectivity index (χ2n) is 7.31. The molecule has 0 spiro atoms. The van der Waals surface area contributed by atoms with Crippen LogP contribution in [0.4, 0.5) is 0 Å². The van der Waals surface area contributed by atoms with E-state index >= 15 is 0 Å². The molecule has 2 aromatic carbocycles. The molecule has 2 aliphatic rings. The van der Waals surface area contributed by atoms with Crippen LogP contribution in [0.15, 0.2) is 18.2 Å². The minimum absolute atomic E-state index is 0.102. The van der Waals surface area contributed by atoms with Crippen molar-refractivity contribution in [1.82, 2.24) is 4.90 Å². The van der Waals surface area contributed by atoms with Crippen molar-refractivity contribution in [1.29, 1.82) is 0 Å². The summed E-state index contributed by atoms with van der Waals surface area (Å²) < 4.78 is 27.6. The molecule has 0 aromatic heterocycles. The van der Waals surface area contributed by atoms with Gasteiger partial charge in [0.2, 0.25) is 12.5 Å². The number of likely N-dealkylation sites (N-methyl/N-ethyl adjacent to an activating group) is 1. The summed E-state index contributed by atoms with van der Waals surface area (Å²) in [6, 6.07) is 5.43. The molecule has 0 amide bonds. The minimum atomic E-state index is -1.06. The van der Waals surface area contributed by atoms with Crippen LogP contribution < -0.4 is 23.7 Å². The molecule has 8 nitrogen and oxygen atoms in total. The average molecular weight is 415 g/mol. The number of carboxylic acids is 1. The Bertz CT molecular complexity index is 988. The summed E-state index contributed by atoms with van der Waals surface area (Å²) in [7, 11) is 6.57. The van der Waals surface area contributed by atoms with Crippen molar-refractivity contribution in [3.8, 4) is 28.7 Å². The number of benzene rings is 2. The molecule has 4 rings (SSSR count). The number of carbonyl (C=O) groups is 1. The van der Waals surface area contributed by atoms with Crippen LogP contribution in [0.3, 0.4) is 0 Å². The average Bonchev–Trinajstić information content (AvgIpc) is 3.21. The lowest BCUT2D eigenvalue weighted by molar-refractivity contribution is 0.0690. The predicted octanol–water partition coefficient (Wildman–Crippen LogP) is 2.91. The summed E-state index contributed by atoms with van der Waals surface area (Å²) in [4.78, 5) is 14.3. The Morgan fingerprint density at radius 1 is 1.17 bits per heavy atom. The molecule has 1 N–H and O–H groups in total. The fourth-order valence-electron chi connectivity index (χ4n) is 4.36. The number of carboxylic acid groups (broad SMARTS) is 1. The molecule has 0 saturated heterocycles. The first-order valence-corrected chi connectivity index (χ1v) is 9.66. The Balaban J connectivity index is 1.83. The van der Waals surface area contributed by atoms with E-state index < -0.39 is 5.97 Å². The normalized spacial score (nSPS) is 17.4. The summed E-state index contributed by atoms with van der Waals surface area (Å²) in [6.45, 7) is 0.990. The quantitative estimate of drug-likeness (QED) is 0.771. The molecular weight excluding hydrogens is 390 g/mol. The number of nitrogens with zero attached hydrogens (tertiary/aromatic N) is 1. The molecule has 0 saturated carbocycles. The number of rotatable bonds is 6. The van der Waals surface area contributed by atoms with Gasteiger partial charge in [-0.15, -0.1) is 0 Å². The summed E-state index contributed by atoms with van der Waals surface area (Å²) in [6.07, 6.45) is 1.30. The maximum atomic E-state index is 12.1. The summed E-state index contributed by atoms with van der Waals surface area (Å²) in [5.74, 6) is 1.48. The van der Waals surface area contributed by atoms with E-state index in [9.17, 15) is 9.90 Å². The van der Waals surface area contributed by atoms with Crippen LogP contribution in [-0.4, -0.2) is 57.7 Å². The Kier molecular flexibility index (Phi) is 5.34. The standard InChI is InChI=1S/C22H25NO7/c1-23-8-7-13-10-16-20(30-11-29-16)21(28-4)17(13)14(23)9-12-5-6-15(26-2)19(27-3)18(12)22(24)25/h5-6,10,14H,7-9,11H2,1-4H3,(H,24,25)/t14-/m0/s1. The number of ether oxygens (including phenoxy) is 5.